The number of nitro groups is 1. The Bertz CT molecular complexity index is 622. The fourth-order valence-electron chi connectivity index (χ4n) is 1.40. The van der Waals surface area contributed by atoms with Crippen molar-refractivity contribution in [2.75, 3.05) is 6.61 Å². The average molecular weight is 304 g/mol. The molecule has 10 heteroatoms. The van der Waals surface area contributed by atoms with Crippen molar-refractivity contribution >= 4 is 11.7 Å². The summed E-state index contributed by atoms with van der Waals surface area (Å²) in [5.41, 5.74) is -2.38. The molecule has 0 spiro atoms. The quantitative estimate of drug-likeness (QED) is 0.481. The summed E-state index contributed by atoms with van der Waals surface area (Å²) in [6.45, 7) is 1.22. The zero-order valence-electron chi connectivity index (χ0n) is 10.4. The Morgan fingerprint density at radius 3 is 2.52 bits per heavy atom. The molecule has 112 valence electrons. The molecular formula is C11H7F3N2O5. The third-order valence-corrected chi connectivity index (χ3v) is 2.11. The van der Waals surface area contributed by atoms with Crippen LogP contribution in [0.25, 0.3) is 0 Å². The molecule has 0 amide bonds. The van der Waals surface area contributed by atoms with E-state index in [9.17, 15) is 28.1 Å². The molecule has 21 heavy (non-hydrogen) atoms. The number of hydrogen-bond donors (Lipinski definition) is 0. The van der Waals surface area contributed by atoms with E-state index in [1.807, 2.05) is 0 Å². The topological polar surface area (TPSA) is 102 Å². The lowest BCUT2D eigenvalue weighted by Crippen LogP contribution is -2.20. The fourth-order valence-corrected chi connectivity index (χ4v) is 1.40. The van der Waals surface area contributed by atoms with E-state index in [0.29, 0.717) is 6.07 Å². The summed E-state index contributed by atoms with van der Waals surface area (Å²) in [6.07, 6.45) is -5.25. The van der Waals surface area contributed by atoms with Gasteiger partial charge in [-0.15, -0.1) is 13.2 Å². The third kappa shape index (κ3) is 4.07. The number of nitrogens with zero attached hydrogens (tertiary/aromatic N) is 2. The Morgan fingerprint density at radius 1 is 1.48 bits per heavy atom. The normalized spacial score (nSPS) is 10.6. The minimum atomic E-state index is -5.25. The summed E-state index contributed by atoms with van der Waals surface area (Å²) < 4.78 is 45.0. The lowest BCUT2D eigenvalue weighted by molar-refractivity contribution is -0.388. The summed E-state index contributed by atoms with van der Waals surface area (Å²) in [5, 5.41) is 19.5. The van der Waals surface area contributed by atoms with Gasteiger partial charge in [0, 0.05) is 6.07 Å². The van der Waals surface area contributed by atoms with Crippen molar-refractivity contribution in [1.29, 1.82) is 5.26 Å². The van der Waals surface area contributed by atoms with Crippen LogP contribution in [-0.4, -0.2) is 23.9 Å². The van der Waals surface area contributed by atoms with Crippen LogP contribution in [0.5, 0.6) is 5.75 Å². The predicted octanol–water partition coefficient (Wildman–Crippen LogP) is 2.54. The van der Waals surface area contributed by atoms with Crippen LogP contribution in [0.1, 0.15) is 22.8 Å². The number of nitro benzene ring substituents is 1. The molecule has 0 unspecified atom stereocenters. The van der Waals surface area contributed by atoms with Gasteiger partial charge in [0.05, 0.1) is 23.2 Å². The Hall–Kier alpha value is -2.83. The molecule has 1 rings (SSSR count). The summed E-state index contributed by atoms with van der Waals surface area (Å²) in [7, 11) is 0. The van der Waals surface area contributed by atoms with Crippen molar-refractivity contribution in [3.63, 3.8) is 0 Å². The van der Waals surface area contributed by atoms with Gasteiger partial charge in [0.1, 0.15) is 5.56 Å². The first kappa shape index (κ1) is 16.2. The van der Waals surface area contributed by atoms with Crippen LogP contribution in [0, 0.1) is 21.4 Å². The molecule has 0 aliphatic carbocycles. The number of nitriles is 1. The highest BCUT2D eigenvalue weighted by molar-refractivity contribution is 5.94. The van der Waals surface area contributed by atoms with E-state index in [1.165, 1.54) is 13.0 Å². The van der Waals surface area contributed by atoms with Crippen LogP contribution >= 0.6 is 0 Å². The zero-order chi connectivity index (χ0) is 16.2. The summed E-state index contributed by atoms with van der Waals surface area (Å²) in [5.74, 6) is -2.58. The molecule has 0 fully saturated rings. The van der Waals surface area contributed by atoms with Crippen molar-refractivity contribution < 1.29 is 32.4 Å². The van der Waals surface area contributed by atoms with E-state index >= 15 is 0 Å². The molecule has 0 saturated heterocycles. The van der Waals surface area contributed by atoms with Crippen molar-refractivity contribution in [3.05, 3.63) is 33.4 Å². The molecule has 0 N–H and O–H groups in total. The average Bonchev–Trinajstić information content (AvgIpc) is 2.36. The number of carbonyl (C=O) groups is 1. The highest BCUT2D eigenvalue weighted by atomic mass is 19.4. The second-order valence-electron chi connectivity index (χ2n) is 3.51. The van der Waals surface area contributed by atoms with Gasteiger partial charge >= 0.3 is 18.0 Å². The van der Waals surface area contributed by atoms with Crippen LogP contribution in [0.3, 0.4) is 0 Å². The Labute approximate surface area is 115 Å². The van der Waals surface area contributed by atoms with Crippen LogP contribution in [0.4, 0.5) is 18.9 Å². The van der Waals surface area contributed by atoms with Gasteiger partial charge < -0.3 is 9.47 Å². The Balaban J connectivity index is 3.57. The minimum Gasteiger partial charge on any atom is -0.462 e. The molecule has 0 saturated carbocycles. The van der Waals surface area contributed by atoms with Gasteiger partial charge in [0.15, 0.2) is 0 Å². The molecule has 0 heterocycles. The highest BCUT2D eigenvalue weighted by Crippen LogP contribution is 2.36. The van der Waals surface area contributed by atoms with Crippen LogP contribution < -0.4 is 4.74 Å². The van der Waals surface area contributed by atoms with Crippen molar-refractivity contribution in [2.45, 2.75) is 13.3 Å². The van der Waals surface area contributed by atoms with Crippen molar-refractivity contribution in [2.24, 2.45) is 0 Å². The molecule has 0 radical (unpaired) electrons. The second-order valence-corrected chi connectivity index (χ2v) is 3.51. The maximum absolute atomic E-state index is 12.3. The molecule has 1 aromatic carbocycles. The molecule has 0 aromatic heterocycles. The standard InChI is InChI=1S/C11H7F3N2O5/c1-2-20-10(17)7-3-6(5-15)4-8(16(18)19)9(7)21-11(12,13)14/h3-4H,2H2,1H3. The molecule has 0 aliphatic rings. The SMILES string of the molecule is CCOC(=O)c1cc(C#N)cc([N+](=O)[O-])c1OC(F)(F)F. The fraction of sp³-hybridized carbons (Fsp3) is 0.273. The van der Waals surface area contributed by atoms with Crippen molar-refractivity contribution in [1.82, 2.24) is 0 Å². The number of esters is 1. The predicted molar refractivity (Wildman–Crippen MR) is 60.5 cm³/mol. The number of halogens is 3. The van der Waals surface area contributed by atoms with Crippen molar-refractivity contribution in [3.8, 4) is 11.8 Å². The van der Waals surface area contributed by atoms with E-state index in [2.05, 4.69) is 9.47 Å². The van der Waals surface area contributed by atoms with Crippen LogP contribution in [-0.2, 0) is 4.74 Å². The lowest BCUT2D eigenvalue weighted by atomic mass is 10.1. The number of rotatable bonds is 4. The summed E-state index contributed by atoms with van der Waals surface area (Å²) >= 11 is 0. The molecule has 0 aliphatic heterocycles. The molecule has 7 nitrogen and oxygen atoms in total. The molecule has 1 aromatic rings. The van der Waals surface area contributed by atoms with Gasteiger partial charge in [-0.3, -0.25) is 10.1 Å². The maximum Gasteiger partial charge on any atom is 0.573 e. The van der Waals surface area contributed by atoms with E-state index in [1.54, 1.807) is 0 Å². The number of alkyl halides is 3. The van der Waals surface area contributed by atoms with Gasteiger partial charge in [-0.1, -0.05) is 0 Å². The summed E-state index contributed by atoms with van der Waals surface area (Å²) in [4.78, 5) is 21.2. The third-order valence-electron chi connectivity index (χ3n) is 2.11. The molecule has 0 atom stereocenters. The van der Waals surface area contributed by atoms with Gasteiger partial charge in [0.2, 0.25) is 5.75 Å². The van der Waals surface area contributed by atoms with Crippen LogP contribution in [0.15, 0.2) is 12.1 Å². The van der Waals surface area contributed by atoms with E-state index in [-0.39, 0.29) is 12.2 Å². The first-order chi connectivity index (χ1) is 9.69. The Morgan fingerprint density at radius 2 is 2.10 bits per heavy atom. The number of carbonyl (C=O) groups excluding carboxylic acids is 1. The zero-order valence-corrected chi connectivity index (χ0v) is 10.4. The first-order valence-corrected chi connectivity index (χ1v) is 5.35. The number of benzene rings is 1. The smallest absolute Gasteiger partial charge is 0.462 e. The van der Waals surface area contributed by atoms with E-state index < -0.39 is 34.3 Å². The number of hydrogen-bond acceptors (Lipinski definition) is 6. The lowest BCUT2D eigenvalue weighted by Gasteiger charge is -2.13. The van der Waals surface area contributed by atoms with E-state index in [4.69, 9.17) is 5.26 Å². The first-order valence-electron chi connectivity index (χ1n) is 5.35. The van der Waals surface area contributed by atoms with Gasteiger partial charge in [-0.2, -0.15) is 5.26 Å². The summed E-state index contributed by atoms with van der Waals surface area (Å²) in [6, 6.07) is 2.80. The molecule has 0 bridgehead atoms. The van der Waals surface area contributed by atoms with Gasteiger partial charge in [-0.25, -0.2) is 4.79 Å². The number of ether oxygens (including phenoxy) is 2. The highest BCUT2D eigenvalue weighted by Gasteiger charge is 2.38. The van der Waals surface area contributed by atoms with Gasteiger partial charge in [-0.05, 0) is 13.0 Å². The monoisotopic (exact) mass is 304 g/mol. The molecular weight excluding hydrogens is 297 g/mol. The minimum absolute atomic E-state index is 0.172. The van der Waals surface area contributed by atoms with E-state index in [0.717, 1.165) is 6.07 Å². The maximum atomic E-state index is 12.3. The second kappa shape index (κ2) is 6.08. The Kier molecular flexibility index (Phi) is 4.70. The van der Waals surface area contributed by atoms with Gasteiger partial charge in [0.25, 0.3) is 0 Å². The van der Waals surface area contributed by atoms with Crippen LogP contribution in [0.2, 0.25) is 0 Å². The largest absolute Gasteiger partial charge is 0.573 e.